The second-order valence-electron chi connectivity index (χ2n) is 2.76. The molecule has 0 saturated heterocycles. The van der Waals surface area contributed by atoms with E-state index in [-0.39, 0.29) is 11.5 Å². The molecule has 0 spiro atoms. The molecule has 0 bridgehead atoms. The molecule has 1 heterocycles. The summed E-state index contributed by atoms with van der Waals surface area (Å²) >= 11 is 1.50. The number of allylic oxidation sites excluding steroid dienone is 1. The van der Waals surface area contributed by atoms with E-state index in [4.69, 9.17) is 0 Å². The Bertz CT molecular complexity index is 299. The minimum Gasteiger partial charge on any atom is -0.507 e. The molecule has 1 aromatic heterocycles. The van der Waals surface area contributed by atoms with Crippen molar-refractivity contribution in [1.82, 2.24) is 0 Å². The molecule has 1 aromatic rings. The van der Waals surface area contributed by atoms with Gasteiger partial charge in [0.2, 0.25) is 0 Å². The Morgan fingerprint density at radius 1 is 1.69 bits per heavy atom. The molecular formula is C10H12O2S. The lowest BCUT2D eigenvalue weighted by atomic mass is 10.2. The van der Waals surface area contributed by atoms with Gasteiger partial charge in [-0.05, 0) is 17.9 Å². The first-order valence-corrected chi connectivity index (χ1v) is 5.14. The molecule has 3 heteroatoms. The van der Waals surface area contributed by atoms with Crippen LogP contribution < -0.4 is 0 Å². The van der Waals surface area contributed by atoms with Crippen LogP contribution in [0.15, 0.2) is 22.9 Å². The summed E-state index contributed by atoms with van der Waals surface area (Å²) in [5, 5.41) is 13.1. The number of ketones is 1. The molecule has 0 amide bonds. The van der Waals surface area contributed by atoms with Gasteiger partial charge in [0.1, 0.15) is 5.76 Å². The van der Waals surface area contributed by atoms with Crippen molar-refractivity contribution in [2.75, 3.05) is 0 Å². The smallest absolute Gasteiger partial charge is 0.159 e. The quantitative estimate of drug-likeness (QED) is 0.593. The van der Waals surface area contributed by atoms with Crippen molar-refractivity contribution in [3.05, 3.63) is 28.5 Å². The fourth-order valence-electron chi connectivity index (χ4n) is 0.965. The molecule has 0 aliphatic rings. The zero-order chi connectivity index (χ0) is 9.68. The number of aliphatic hydroxyl groups is 1. The first-order valence-electron chi connectivity index (χ1n) is 4.20. The Morgan fingerprint density at radius 3 is 3.00 bits per heavy atom. The van der Waals surface area contributed by atoms with Gasteiger partial charge >= 0.3 is 0 Å². The van der Waals surface area contributed by atoms with Gasteiger partial charge in [0.25, 0.3) is 0 Å². The molecule has 1 rings (SSSR count). The van der Waals surface area contributed by atoms with E-state index in [1.807, 2.05) is 17.7 Å². The first kappa shape index (κ1) is 9.99. The van der Waals surface area contributed by atoms with Crippen LogP contribution in [0.1, 0.15) is 25.3 Å². The summed E-state index contributed by atoms with van der Waals surface area (Å²) < 4.78 is 0. The van der Waals surface area contributed by atoms with E-state index in [2.05, 4.69) is 0 Å². The van der Waals surface area contributed by atoms with E-state index in [1.54, 1.807) is 6.07 Å². The summed E-state index contributed by atoms with van der Waals surface area (Å²) in [6.45, 7) is 1.94. The van der Waals surface area contributed by atoms with Crippen LogP contribution in [0.3, 0.4) is 0 Å². The predicted octanol–water partition coefficient (Wildman–Crippen LogP) is 3.02. The third kappa shape index (κ3) is 3.03. The van der Waals surface area contributed by atoms with Crippen LogP contribution in [0.2, 0.25) is 0 Å². The molecule has 1 N–H and O–H groups in total. The molecule has 0 unspecified atom stereocenters. The number of hydrogen-bond acceptors (Lipinski definition) is 3. The van der Waals surface area contributed by atoms with Gasteiger partial charge < -0.3 is 5.11 Å². The molecule has 2 nitrogen and oxygen atoms in total. The Hall–Kier alpha value is -1.09. The Kier molecular flexibility index (Phi) is 3.71. The van der Waals surface area contributed by atoms with Crippen molar-refractivity contribution in [3.8, 4) is 0 Å². The molecule has 0 saturated carbocycles. The van der Waals surface area contributed by atoms with Crippen LogP contribution in [-0.4, -0.2) is 10.9 Å². The maximum Gasteiger partial charge on any atom is 0.159 e. The van der Waals surface area contributed by atoms with Gasteiger partial charge in [0.15, 0.2) is 5.78 Å². The van der Waals surface area contributed by atoms with Gasteiger partial charge in [-0.1, -0.05) is 6.92 Å². The average Bonchev–Trinajstić information content (AvgIpc) is 2.55. The monoisotopic (exact) mass is 196 g/mol. The minimum atomic E-state index is -0.0220. The molecule has 0 aromatic carbocycles. The van der Waals surface area contributed by atoms with Gasteiger partial charge in [-0.25, -0.2) is 0 Å². The number of carbonyl (C=O) groups excluding carboxylic acids is 1. The van der Waals surface area contributed by atoms with E-state index in [1.165, 1.54) is 17.4 Å². The van der Waals surface area contributed by atoms with Crippen LogP contribution in [0.5, 0.6) is 0 Å². The van der Waals surface area contributed by atoms with Crippen LogP contribution in [0.4, 0.5) is 0 Å². The zero-order valence-electron chi connectivity index (χ0n) is 7.49. The fourth-order valence-corrected chi connectivity index (χ4v) is 1.61. The van der Waals surface area contributed by atoms with E-state index >= 15 is 0 Å². The second kappa shape index (κ2) is 4.82. The highest BCUT2D eigenvalue weighted by Gasteiger charge is 2.02. The predicted molar refractivity (Wildman–Crippen MR) is 54.8 cm³/mol. The molecule has 70 valence electrons. The lowest BCUT2D eigenvalue weighted by Gasteiger charge is -1.94. The second-order valence-corrected chi connectivity index (χ2v) is 3.54. The maximum absolute atomic E-state index is 11.1. The fraction of sp³-hybridized carbons (Fsp3) is 0.300. The molecule has 0 aliphatic heterocycles. The summed E-state index contributed by atoms with van der Waals surface area (Å²) in [7, 11) is 0. The molecule has 0 aliphatic carbocycles. The van der Waals surface area contributed by atoms with Crippen LogP contribution in [0, 0.1) is 0 Å². The van der Waals surface area contributed by atoms with Crippen molar-refractivity contribution in [2.24, 2.45) is 0 Å². The molecular weight excluding hydrogens is 184 g/mol. The third-order valence-corrected chi connectivity index (χ3v) is 2.29. The van der Waals surface area contributed by atoms with Gasteiger partial charge in [-0.15, -0.1) is 0 Å². The van der Waals surface area contributed by atoms with Gasteiger partial charge in [-0.3, -0.25) is 4.79 Å². The van der Waals surface area contributed by atoms with Crippen molar-refractivity contribution < 1.29 is 9.90 Å². The average molecular weight is 196 g/mol. The Labute approximate surface area is 81.5 Å². The largest absolute Gasteiger partial charge is 0.507 e. The van der Waals surface area contributed by atoms with Crippen LogP contribution in [0.25, 0.3) is 5.76 Å². The first-order chi connectivity index (χ1) is 6.24. The third-order valence-electron chi connectivity index (χ3n) is 1.61. The highest BCUT2D eigenvalue weighted by Crippen LogP contribution is 2.14. The minimum absolute atomic E-state index is 0.0220. The normalized spacial score (nSPS) is 11.6. The number of hydrogen-bond donors (Lipinski definition) is 1. The summed E-state index contributed by atoms with van der Waals surface area (Å²) in [6, 6.07) is 1.79. The Balaban J connectivity index is 2.67. The lowest BCUT2D eigenvalue weighted by molar-refractivity contribution is -0.114. The van der Waals surface area contributed by atoms with Crippen molar-refractivity contribution >= 4 is 22.9 Å². The highest BCUT2D eigenvalue weighted by molar-refractivity contribution is 7.08. The van der Waals surface area contributed by atoms with E-state index < -0.39 is 0 Å². The summed E-state index contributed by atoms with van der Waals surface area (Å²) in [4.78, 5) is 11.1. The molecule has 0 radical (unpaired) electrons. The molecule has 13 heavy (non-hydrogen) atoms. The molecule has 0 fully saturated rings. The van der Waals surface area contributed by atoms with Crippen LogP contribution >= 0.6 is 11.3 Å². The highest BCUT2D eigenvalue weighted by atomic mass is 32.1. The van der Waals surface area contributed by atoms with Crippen LogP contribution in [-0.2, 0) is 4.79 Å². The SMILES string of the molecule is CCCC(=O)C=C(O)c1ccsc1. The summed E-state index contributed by atoms with van der Waals surface area (Å²) in [6.07, 6.45) is 2.60. The van der Waals surface area contributed by atoms with Crippen molar-refractivity contribution in [2.45, 2.75) is 19.8 Å². The van der Waals surface area contributed by atoms with Gasteiger partial charge in [0.05, 0.1) is 0 Å². The number of aliphatic hydroxyl groups excluding tert-OH is 1. The number of carbonyl (C=O) groups is 1. The summed E-state index contributed by atoms with van der Waals surface area (Å²) in [5.74, 6) is 0.0471. The van der Waals surface area contributed by atoms with E-state index in [0.717, 1.165) is 12.0 Å². The van der Waals surface area contributed by atoms with E-state index in [0.29, 0.717) is 6.42 Å². The number of rotatable bonds is 4. The summed E-state index contributed by atoms with van der Waals surface area (Å²) in [5.41, 5.74) is 0.717. The number of thiophene rings is 1. The van der Waals surface area contributed by atoms with Gasteiger partial charge in [-0.2, -0.15) is 11.3 Å². The van der Waals surface area contributed by atoms with Crippen molar-refractivity contribution in [3.63, 3.8) is 0 Å². The zero-order valence-corrected chi connectivity index (χ0v) is 8.30. The Morgan fingerprint density at radius 2 is 2.46 bits per heavy atom. The van der Waals surface area contributed by atoms with Crippen molar-refractivity contribution in [1.29, 1.82) is 0 Å². The lowest BCUT2D eigenvalue weighted by Crippen LogP contribution is -1.93. The molecule has 0 atom stereocenters. The van der Waals surface area contributed by atoms with E-state index in [9.17, 15) is 9.90 Å². The topological polar surface area (TPSA) is 37.3 Å². The standard InChI is InChI=1S/C10H12O2S/c1-2-3-9(11)6-10(12)8-4-5-13-7-8/h4-7,12H,2-3H2,1H3. The van der Waals surface area contributed by atoms with Gasteiger partial charge in [0, 0.05) is 23.4 Å². The maximum atomic E-state index is 11.1.